The van der Waals surface area contributed by atoms with Crippen LogP contribution in [0, 0.1) is 5.82 Å². The lowest BCUT2D eigenvalue weighted by atomic mass is 10.1. The molecule has 0 saturated carbocycles. The molecule has 0 unspecified atom stereocenters. The predicted octanol–water partition coefficient (Wildman–Crippen LogP) is 2.46. The summed E-state index contributed by atoms with van der Waals surface area (Å²) in [6, 6.07) is 11.7. The third-order valence-corrected chi connectivity index (χ3v) is 3.31. The molecule has 7 heteroatoms. The Balaban J connectivity index is 2.00. The molecule has 116 valence electrons. The molecule has 0 saturated heterocycles. The Morgan fingerprint density at radius 3 is 2.36 bits per heavy atom. The van der Waals surface area contributed by atoms with Crippen LogP contribution in [0.15, 0.2) is 48.5 Å². The van der Waals surface area contributed by atoms with Crippen LogP contribution in [0.5, 0.6) is 5.75 Å². The second kappa shape index (κ2) is 6.57. The van der Waals surface area contributed by atoms with Gasteiger partial charge < -0.3 is 4.74 Å². The van der Waals surface area contributed by atoms with Crippen LogP contribution < -0.4 is 9.46 Å². The summed E-state index contributed by atoms with van der Waals surface area (Å²) in [6.07, 6.45) is 1.04. The van der Waals surface area contributed by atoms with Gasteiger partial charge in [0.25, 0.3) is 0 Å². The first-order valence-electron chi connectivity index (χ1n) is 6.33. The van der Waals surface area contributed by atoms with E-state index in [9.17, 15) is 17.6 Å². The van der Waals surface area contributed by atoms with E-state index in [2.05, 4.69) is 4.72 Å². The number of ketones is 1. The van der Waals surface area contributed by atoms with Gasteiger partial charge in [0, 0.05) is 11.3 Å². The summed E-state index contributed by atoms with van der Waals surface area (Å²) in [5.74, 6) is -0.872. The lowest BCUT2D eigenvalue weighted by Gasteiger charge is -2.07. The van der Waals surface area contributed by atoms with Crippen LogP contribution in [-0.2, 0) is 10.0 Å². The van der Waals surface area contributed by atoms with E-state index in [1.54, 1.807) is 6.07 Å². The van der Waals surface area contributed by atoms with E-state index in [1.165, 1.54) is 42.5 Å². The van der Waals surface area contributed by atoms with Gasteiger partial charge in [-0.05, 0) is 36.4 Å². The number of Topliss-reactive ketones (excluding diaryl/α,β-unsaturated/α-hetero) is 1. The van der Waals surface area contributed by atoms with E-state index in [1.807, 2.05) is 0 Å². The SMILES string of the molecule is CS(=O)(=O)Nc1ccc(C(=O)COc2ccccc2F)cc1. The highest BCUT2D eigenvalue weighted by molar-refractivity contribution is 7.92. The fraction of sp³-hybridized carbons (Fsp3) is 0.133. The number of benzene rings is 2. The molecule has 0 atom stereocenters. The molecule has 1 N–H and O–H groups in total. The molecule has 5 nitrogen and oxygen atoms in total. The van der Waals surface area contributed by atoms with Crippen molar-refractivity contribution in [1.82, 2.24) is 0 Å². The average molecular weight is 323 g/mol. The standard InChI is InChI=1S/C15H14FNO4S/c1-22(19,20)17-12-8-6-11(7-9-12)14(18)10-21-15-5-3-2-4-13(15)16/h2-9,17H,10H2,1H3. The van der Waals surface area contributed by atoms with E-state index in [0.29, 0.717) is 11.3 Å². The van der Waals surface area contributed by atoms with Crippen LogP contribution in [0.4, 0.5) is 10.1 Å². The first-order chi connectivity index (χ1) is 10.3. The molecule has 2 aromatic rings. The number of ether oxygens (including phenoxy) is 1. The van der Waals surface area contributed by atoms with Crippen molar-refractivity contribution in [3.63, 3.8) is 0 Å². The summed E-state index contributed by atoms with van der Waals surface area (Å²) in [4.78, 5) is 11.9. The van der Waals surface area contributed by atoms with Crippen LogP contribution in [0.1, 0.15) is 10.4 Å². The highest BCUT2D eigenvalue weighted by Crippen LogP contribution is 2.16. The molecule has 0 spiro atoms. The normalized spacial score (nSPS) is 11.0. The number of halogens is 1. The Morgan fingerprint density at radius 1 is 1.14 bits per heavy atom. The molecule has 0 bridgehead atoms. The molecule has 22 heavy (non-hydrogen) atoms. The summed E-state index contributed by atoms with van der Waals surface area (Å²) in [5.41, 5.74) is 0.699. The number of rotatable bonds is 6. The number of para-hydroxylation sites is 1. The van der Waals surface area contributed by atoms with E-state index in [0.717, 1.165) is 6.26 Å². The second-order valence-corrected chi connectivity index (χ2v) is 6.34. The van der Waals surface area contributed by atoms with Gasteiger partial charge in [-0.25, -0.2) is 12.8 Å². The monoisotopic (exact) mass is 323 g/mol. The van der Waals surface area contributed by atoms with Crippen LogP contribution in [0.2, 0.25) is 0 Å². The van der Waals surface area contributed by atoms with Crippen molar-refractivity contribution in [1.29, 1.82) is 0 Å². The third kappa shape index (κ3) is 4.56. The van der Waals surface area contributed by atoms with Crippen LogP contribution in [-0.4, -0.2) is 27.1 Å². The fourth-order valence-corrected chi connectivity index (χ4v) is 2.29. The Labute approximate surface area is 127 Å². The van der Waals surface area contributed by atoms with E-state index in [-0.39, 0.29) is 18.1 Å². The molecule has 0 aliphatic rings. The molecule has 2 rings (SSSR count). The largest absolute Gasteiger partial charge is 0.482 e. The first-order valence-corrected chi connectivity index (χ1v) is 8.23. The van der Waals surface area contributed by atoms with Gasteiger partial charge in [0.1, 0.15) is 0 Å². The number of sulfonamides is 1. The minimum Gasteiger partial charge on any atom is -0.482 e. The Hall–Kier alpha value is -2.41. The van der Waals surface area contributed by atoms with Gasteiger partial charge in [-0.3, -0.25) is 9.52 Å². The molecule has 2 aromatic carbocycles. The molecule has 0 heterocycles. The van der Waals surface area contributed by atoms with Crippen LogP contribution >= 0.6 is 0 Å². The first kappa shape index (κ1) is 16.0. The van der Waals surface area contributed by atoms with Gasteiger partial charge in [0.2, 0.25) is 10.0 Å². The maximum atomic E-state index is 13.4. The molecule has 0 aromatic heterocycles. The second-order valence-electron chi connectivity index (χ2n) is 4.59. The maximum Gasteiger partial charge on any atom is 0.229 e. The quantitative estimate of drug-likeness (QED) is 0.829. The zero-order valence-corrected chi connectivity index (χ0v) is 12.6. The summed E-state index contributed by atoms with van der Waals surface area (Å²) in [7, 11) is -3.36. The maximum absolute atomic E-state index is 13.4. The van der Waals surface area contributed by atoms with Crippen LogP contribution in [0.3, 0.4) is 0 Å². The van der Waals surface area contributed by atoms with Crippen molar-refractivity contribution in [3.05, 3.63) is 59.9 Å². The molecular formula is C15H14FNO4S. The highest BCUT2D eigenvalue weighted by Gasteiger charge is 2.09. The number of hydrogen-bond acceptors (Lipinski definition) is 4. The van der Waals surface area contributed by atoms with Crippen molar-refractivity contribution in [2.24, 2.45) is 0 Å². The van der Waals surface area contributed by atoms with Gasteiger partial charge >= 0.3 is 0 Å². The van der Waals surface area contributed by atoms with Crippen molar-refractivity contribution in [2.45, 2.75) is 0 Å². The fourth-order valence-electron chi connectivity index (χ4n) is 1.73. The minimum atomic E-state index is -3.36. The number of hydrogen-bond donors (Lipinski definition) is 1. The van der Waals surface area contributed by atoms with Gasteiger partial charge in [-0.15, -0.1) is 0 Å². The van der Waals surface area contributed by atoms with Gasteiger partial charge in [-0.2, -0.15) is 0 Å². The van der Waals surface area contributed by atoms with Crippen molar-refractivity contribution in [2.75, 3.05) is 17.6 Å². The number of anilines is 1. The van der Waals surface area contributed by atoms with E-state index >= 15 is 0 Å². The van der Waals surface area contributed by atoms with Crippen LogP contribution in [0.25, 0.3) is 0 Å². The third-order valence-electron chi connectivity index (χ3n) is 2.71. The average Bonchev–Trinajstić information content (AvgIpc) is 2.45. The Morgan fingerprint density at radius 2 is 1.77 bits per heavy atom. The zero-order chi connectivity index (χ0) is 16.2. The van der Waals surface area contributed by atoms with Gasteiger partial charge in [0.15, 0.2) is 24.0 Å². The molecular weight excluding hydrogens is 309 g/mol. The number of carbonyl (C=O) groups is 1. The van der Waals surface area contributed by atoms with Crippen molar-refractivity contribution < 1.29 is 22.3 Å². The number of nitrogens with one attached hydrogen (secondary N) is 1. The van der Waals surface area contributed by atoms with E-state index in [4.69, 9.17) is 4.74 Å². The topological polar surface area (TPSA) is 72.5 Å². The van der Waals surface area contributed by atoms with Gasteiger partial charge in [-0.1, -0.05) is 12.1 Å². The van der Waals surface area contributed by atoms with Gasteiger partial charge in [0.05, 0.1) is 6.26 Å². The summed E-state index contributed by atoms with van der Waals surface area (Å²) < 4.78 is 42.9. The lowest BCUT2D eigenvalue weighted by Crippen LogP contribution is -2.13. The molecule has 0 aliphatic heterocycles. The summed E-state index contributed by atoms with van der Waals surface area (Å²) >= 11 is 0. The molecule has 0 amide bonds. The summed E-state index contributed by atoms with van der Waals surface area (Å²) in [6.45, 7) is -0.306. The van der Waals surface area contributed by atoms with Crippen molar-refractivity contribution >= 4 is 21.5 Å². The number of carbonyl (C=O) groups excluding carboxylic acids is 1. The Bertz CT molecular complexity index is 772. The predicted molar refractivity (Wildman–Crippen MR) is 81.1 cm³/mol. The molecule has 0 aliphatic carbocycles. The Kier molecular flexibility index (Phi) is 4.77. The molecule has 0 radical (unpaired) electrons. The zero-order valence-electron chi connectivity index (χ0n) is 11.7. The smallest absolute Gasteiger partial charge is 0.229 e. The molecule has 0 fully saturated rings. The lowest BCUT2D eigenvalue weighted by molar-refractivity contribution is 0.0919. The highest BCUT2D eigenvalue weighted by atomic mass is 32.2. The van der Waals surface area contributed by atoms with Crippen molar-refractivity contribution in [3.8, 4) is 5.75 Å². The van der Waals surface area contributed by atoms with E-state index < -0.39 is 15.8 Å². The summed E-state index contributed by atoms with van der Waals surface area (Å²) in [5, 5.41) is 0. The minimum absolute atomic E-state index is 0.00575.